The van der Waals surface area contributed by atoms with Crippen LogP contribution in [0.25, 0.3) is 0 Å². The van der Waals surface area contributed by atoms with E-state index in [1.807, 2.05) is 12.1 Å². The number of hydrogen-bond donors (Lipinski definition) is 3. The van der Waals surface area contributed by atoms with E-state index < -0.39 is 0 Å². The number of esters is 1. The van der Waals surface area contributed by atoms with Gasteiger partial charge in [0.25, 0.3) is 0 Å². The van der Waals surface area contributed by atoms with Gasteiger partial charge in [0.15, 0.2) is 0 Å². The summed E-state index contributed by atoms with van der Waals surface area (Å²) < 4.78 is 6.09. The van der Waals surface area contributed by atoms with E-state index in [0.29, 0.717) is 23.6 Å². The van der Waals surface area contributed by atoms with Gasteiger partial charge in [0, 0.05) is 17.8 Å². The molecule has 2 aromatic rings. The van der Waals surface area contributed by atoms with Crippen LogP contribution in [0.1, 0.15) is 48.0 Å². The van der Waals surface area contributed by atoms with Crippen LogP contribution in [-0.2, 0) is 11.3 Å². The standard InChI is InChI=1S/C23H25NO4/c25-20-5-6-21(26)17(10-20)13-24-19-3-1-16(2-4-19)22(27)28-23-11-14-7-15(12-23)9-18(23)8-14/h1-6,10,14-15,18,24-26H,7-9,11-13H2. The maximum Gasteiger partial charge on any atom is 0.338 e. The summed E-state index contributed by atoms with van der Waals surface area (Å²) in [5.41, 5.74) is 1.81. The molecule has 4 aliphatic rings. The van der Waals surface area contributed by atoms with Crippen LogP contribution < -0.4 is 5.32 Å². The molecular formula is C23H25NO4. The lowest BCUT2D eigenvalue weighted by atomic mass is 9.81. The Bertz CT molecular complexity index is 893. The third-order valence-corrected chi connectivity index (χ3v) is 6.88. The molecule has 4 bridgehead atoms. The highest BCUT2D eigenvalue weighted by Crippen LogP contribution is 2.62. The number of carbonyl (C=O) groups is 1. The van der Waals surface area contributed by atoms with Crippen LogP contribution in [0.2, 0.25) is 0 Å². The van der Waals surface area contributed by atoms with E-state index in [0.717, 1.165) is 30.4 Å². The van der Waals surface area contributed by atoms with E-state index in [2.05, 4.69) is 5.32 Å². The Kier molecular flexibility index (Phi) is 4.00. The molecule has 2 unspecified atom stereocenters. The van der Waals surface area contributed by atoms with Crippen molar-refractivity contribution in [2.24, 2.45) is 17.8 Å². The van der Waals surface area contributed by atoms with Crippen LogP contribution in [0.5, 0.6) is 11.5 Å². The SMILES string of the molecule is O=C(OC12CC3CC(CC1C3)C2)c1ccc(NCc2cc(O)ccc2O)cc1. The highest BCUT2D eigenvalue weighted by atomic mass is 16.6. The number of ether oxygens (including phenoxy) is 1. The molecule has 146 valence electrons. The minimum atomic E-state index is -0.217. The number of benzene rings is 2. The smallest absolute Gasteiger partial charge is 0.338 e. The predicted molar refractivity (Wildman–Crippen MR) is 105 cm³/mol. The zero-order valence-corrected chi connectivity index (χ0v) is 15.7. The Balaban J connectivity index is 1.23. The van der Waals surface area contributed by atoms with Crippen LogP contribution in [0.15, 0.2) is 42.5 Å². The average Bonchev–Trinajstić information content (AvgIpc) is 3.06. The predicted octanol–water partition coefficient (Wildman–Crippen LogP) is 4.45. The molecule has 5 nitrogen and oxygen atoms in total. The first-order valence-corrected chi connectivity index (χ1v) is 10.1. The van der Waals surface area contributed by atoms with Gasteiger partial charge in [-0.1, -0.05) is 0 Å². The molecule has 5 heteroatoms. The molecule has 4 aliphatic carbocycles. The number of nitrogens with one attached hydrogen (secondary N) is 1. The summed E-state index contributed by atoms with van der Waals surface area (Å²) >= 11 is 0. The maximum absolute atomic E-state index is 12.7. The normalized spacial score (nSPS) is 29.8. The fraction of sp³-hybridized carbons (Fsp3) is 0.435. The highest BCUT2D eigenvalue weighted by Gasteiger charge is 2.60. The first kappa shape index (κ1) is 17.4. The largest absolute Gasteiger partial charge is 0.508 e. The molecule has 0 amide bonds. The zero-order chi connectivity index (χ0) is 19.3. The topological polar surface area (TPSA) is 78.8 Å². The molecule has 6 rings (SSSR count). The van der Waals surface area contributed by atoms with E-state index in [4.69, 9.17) is 4.74 Å². The number of hydrogen-bond acceptors (Lipinski definition) is 5. The minimum Gasteiger partial charge on any atom is -0.508 e. The molecule has 4 saturated carbocycles. The van der Waals surface area contributed by atoms with E-state index in [9.17, 15) is 15.0 Å². The number of aromatic hydroxyl groups is 2. The molecule has 0 radical (unpaired) electrons. The highest BCUT2D eigenvalue weighted by molar-refractivity contribution is 5.90. The summed E-state index contributed by atoms with van der Waals surface area (Å²) in [6.07, 6.45) is 5.88. The molecule has 4 fully saturated rings. The van der Waals surface area contributed by atoms with Crippen LogP contribution in [0.3, 0.4) is 0 Å². The van der Waals surface area contributed by atoms with Crippen molar-refractivity contribution in [2.45, 2.75) is 44.2 Å². The second kappa shape index (κ2) is 6.43. The lowest BCUT2D eigenvalue weighted by Crippen LogP contribution is -2.36. The van der Waals surface area contributed by atoms with E-state index >= 15 is 0 Å². The van der Waals surface area contributed by atoms with Crippen LogP contribution in [0, 0.1) is 17.8 Å². The van der Waals surface area contributed by atoms with Gasteiger partial charge in [-0.3, -0.25) is 0 Å². The quantitative estimate of drug-likeness (QED) is 0.529. The molecule has 3 N–H and O–H groups in total. The number of phenolic OH excluding ortho intramolecular Hbond substituents is 2. The first-order chi connectivity index (χ1) is 13.5. The third-order valence-electron chi connectivity index (χ3n) is 6.88. The Hall–Kier alpha value is -2.69. The second-order valence-corrected chi connectivity index (χ2v) is 8.74. The molecule has 2 aromatic carbocycles. The van der Waals surface area contributed by atoms with Gasteiger partial charge >= 0.3 is 5.97 Å². The van der Waals surface area contributed by atoms with Gasteiger partial charge in [-0.25, -0.2) is 4.79 Å². The first-order valence-electron chi connectivity index (χ1n) is 10.1. The number of phenols is 2. The molecule has 0 saturated heterocycles. The Labute approximate surface area is 164 Å². The Morgan fingerprint density at radius 2 is 1.75 bits per heavy atom. The summed E-state index contributed by atoms with van der Waals surface area (Å²) in [4.78, 5) is 12.7. The minimum absolute atomic E-state index is 0.113. The van der Waals surface area contributed by atoms with Crippen molar-refractivity contribution in [3.63, 3.8) is 0 Å². The van der Waals surface area contributed by atoms with Crippen molar-refractivity contribution in [2.75, 3.05) is 5.32 Å². The lowest BCUT2D eigenvalue weighted by molar-refractivity contribution is -0.0346. The molecule has 0 aliphatic heterocycles. The third kappa shape index (κ3) is 2.99. The maximum atomic E-state index is 12.7. The summed E-state index contributed by atoms with van der Waals surface area (Å²) in [6.45, 7) is 0.373. The van der Waals surface area contributed by atoms with Crippen molar-refractivity contribution < 1.29 is 19.7 Å². The van der Waals surface area contributed by atoms with Crippen LogP contribution in [-0.4, -0.2) is 21.8 Å². The van der Waals surface area contributed by atoms with Gasteiger partial charge in [-0.2, -0.15) is 0 Å². The van der Waals surface area contributed by atoms with Gasteiger partial charge in [-0.05, 0) is 92.3 Å². The van der Waals surface area contributed by atoms with Crippen molar-refractivity contribution >= 4 is 11.7 Å². The summed E-state index contributed by atoms with van der Waals surface area (Å²) in [6, 6.07) is 11.7. The Morgan fingerprint density at radius 3 is 2.46 bits per heavy atom. The molecule has 0 heterocycles. The number of anilines is 1. The monoisotopic (exact) mass is 379 g/mol. The summed E-state index contributed by atoms with van der Waals surface area (Å²) in [7, 11) is 0. The van der Waals surface area contributed by atoms with Crippen molar-refractivity contribution in [3.05, 3.63) is 53.6 Å². The fourth-order valence-electron chi connectivity index (χ4n) is 5.77. The number of carbonyl (C=O) groups excluding carboxylic acids is 1. The van der Waals surface area contributed by atoms with E-state index in [1.54, 1.807) is 12.1 Å². The van der Waals surface area contributed by atoms with E-state index in [1.165, 1.54) is 37.5 Å². The van der Waals surface area contributed by atoms with Gasteiger partial charge in [0.1, 0.15) is 17.1 Å². The van der Waals surface area contributed by atoms with Gasteiger partial charge in [-0.15, -0.1) is 0 Å². The van der Waals surface area contributed by atoms with E-state index in [-0.39, 0.29) is 23.1 Å². The van der Waals surface area contributed by atoms with Crippen LogP contribution >= 0.6 is 0 Å². The lowest BCUT2D eigenvalue weighted by Gasteiger charge is -2.32. The summed E-state index contributed by atoms with van der Waals surface area (Å²) in [5, 5.41) is 22.6. The number of rotatable bonds is 5. The molecular weight excluding hydrogens is 354 g/mol. The molecule has 2 atom stereocenters. The Morgan fingerprint density at radius 1 is 1.04 bits per heavy atom. The molecule has 0 spiro atoms. The summed E-state index contributed by atoms with van der Waals surface area (Å²) in [5.74, 6) is 2.10. The van der Waals surface area contributed by atoms with Crippen molar-refractivity contribution in [1.29, 1.82) is 0 Å². The molecule has 0 aromatic heterocycles. The zero-order valence-electron chi connectivity index (χ0n) is 15.7. The van der Waals surface area contributed by atoms with Crippen molar-refractivity contribution in [1.82, 2.24) is 0 Å². The van der Waals surface area contributed by atoms with Crippen LogP contribution in [0.4, 0.5) is 5.69 Å². The van der Waals surface area contributed by atoms with Crippen molar-refractivity contribution in [3.8, 4) is 11.5 Å². The van der Waals surface area contributed by atoms with Gasteiger partial charge in [0.2, 0.25) is 0 Å². The average molecular weight is 379 g/mol. The molecule has 28 heavy (non-hydrogen) atoms. The van der Waals surface area contributed by atoms with Gasteiger partial charge < -0.3 is 20.3 Å². The second-order valence-electron chi connectivity index (χ2n) is 8.74. The van der Waals surface area contributed by atoms with Gasteiger partial charge in [0.05, 0.1) is 5.56 Å². The fourth-order valence-corrected chi connectivity index (χ4v) is 5.77.